The first-order valence-electron chi connectivity index (χ1n) is 5.24. The van der Waals surface area contributed by atoms with Gasteiger partial charge in [0.05, 0.1) is 0 Å². The van der Waals surface area contributed by atoms with E-state index in [4.69, 9.17) is 4.84 Å². The van der Waals surface area contributed by atoms with Gasteiger partial charge in [0.15, 0.2) is 0 Å². The van der Waals surface area contributed by atoms with Crippen LogP contribution in [0.3, 0.4) is 0 Å². The molecule has 0 aliphatic heterocycles. The first-order valence-corrected chi connectivity index (χ1v) is 5.24. The highest BCUT2D eigenvalue weighted by molar-refractivity contribution is 5.55. The summed E-state index contributed by atoms with van der Waals surface area (Å²) in [5.41, 5.74) is 0.713. The smallest absolute Gasteiger partial charge is 0.263 e. The standard InChI is InChI=1S/C12H15F2NO/c1-2-3-7-15-16-9-10-5-4-6-11(8-10)12(13)14/h4-8,12H,2-3,9H2,1H3. The second-order valence-electron chi connectivity index (χ2n) is 3.40. The predicted molar refractivity (Wildman–Crippen MR) is 59.6 cm³/mol. The Bertz CT molecular complexity index is 340. The topological polar surface area (TPSA) is 21.6 Å². The van der Waals surface area contributed by atoms with Crippen molar-refractivity contribution < 1.29 is 13.6 Å². The molecule has 1 aromatic carbocycles. The van der Waals surface area contributed by atoms with Crippen LogP contribution in [0.15, 0.2) is 29.4 Å². The lowest BCUT2D eigenvalue weighted by Crippen LogP contribution is -1.91. The maximum absolute atomic E-state index is 12.4. The third-order valence-corrected chi connectivity index (χ3v) is 2.00. The molecule has 0 N–H and O–H groups in total. The van der Waals surface area contributed by atoms with Gasteiger partial charge in [-0.2, -0.15) is 0 Å². The number of unbranched alkanes of at least 4 members (excludes halogenated alkanes) is 1. The molecule has 0 bridgehead atoms. The Morgan fingerprint density at radius 1 is 1.44 bits per heavy atom. The van der Waals surface area contributed by atoms with Gasteiger partial charge in [0.25, 0.3) is 6.43 Å². The van der Waals surface area contributed by atoms with Crippen LogP contribution in [0.1, 0.15) is 37.3 Å². The fourth-order valence-corrected chi connectivity index (χ4v) is 1.16. The number of halogens is 2. The highest BCUT2D eigenvalue weighted by atomic mass is 19.3. The number of hydrogen-bond donors (Lipinski definition) is 0. The molecule has 16 heavy (non-hydrogen) atoms. The Kier molecular flexibility index (Phi) is 5.46. The minimum Gasteiger partial charge on any atom is -0.391 e. The van der Waals surface area contributed by atoms with Crippen LogP contribution in [0.2, 0.25) is 0 Å². The van der Waals surface area contributed by atoms with Gasteiger partial charge in [0.2, 0.25) is 0 Å². The quantitative estimate of drug-likeness (QED) is 0.533. The summed E-state index contributed by atoms with van der Waals surface area (Å²) in [4.78, 5) is 4.98. The van der Waals surface area contributed by atoms with Crippen molar-refractivity contribution in [2.75, 3.05) is 0 Å². The molecule has 4 heteroatoms. The van der Waals surface area contributed by atoms with Gasteiger partial charge in [0, 0.05) is 11.8 Å². The van der Waals surface area contributed by atoms with Crippen molar-refractivity contribution in [1.29, 1.82) is 0 Å². The van der Waals surface area contributed by atoms with Crippen molar-refractivity contribution >= 4 is 6.21 Å². The molecule has 0 aromatic heterocycles. The zero-order chi connectivity index (χ0) is 11.8. The Balaban J connectivity index is 2.45. The lowest BCUT2D eigenvalue weighted by Gasteiger charge is -2.03. The van der Waals surface area contributed by atoms with Crippen molar-refractivity contribution in [2.24, 2.45) is 5.16 Å². The van der Waals surface area contributed by atoms with E-state index in [2.05, 4.69) is 5.16 Å². The molecule has 1 aromatic rings. The third-order valence-electron chi connectivity index (χ3n) is 2.00. The number of rotatable bonds is 6. The van der Waals surface area contributed by atoms with Gasteiger partial charge in [0.1, 0.15) is 6.61 Å². The Labute approximate surface area is 93.9 Å². The number of oxime groups is 1. The van der Waals surface area contributed by atoms with Crippen LogP contribution in [0.5, 0.6) is 0 Å². The zero-order valence-corrected chi connectivity index (χ0v) is 9.20. The van der Waals surface area contributed by atoms with Gasteiger partial charge in [-0.05, 0) is 18.1 Å². The van der Waals surface area contributed by atoms with Crippen LogP contribution in [-0.4, -0.2) is 6.21 Å². The monoisotopic (exact) mass is 227 g/mol. The van der Waals surface area contributed by atoms with Gasteiger partial charge < -0.3 is 4.84 Å². The van der Waals surface area contributed by atoms with Gasteiger partial charge in [-0.1, -0.05) is 36.7 Å². The summed E-state index contributed by atoms with van der Waals surface area (Å²) in [6.45, 7) is 2.26. The first-order chi connectivity index (χ1) is 7.74. The largest absolute Gasteiger partial charge is 0.391 e. The van der Waals surface area contributed by atoms with Crippen molar-refractivity contribution in [3.8, 4) is 0 Å². The minimum atomic E-state index is -2.44. The van der Waals surface area contributed by atoms with E-state index in [0.717, 1.165) is 12.8 Å². The van der Waals surface area contributed by atoms with Crippen LogP contribution >= 0.6 is 0 Å². The second-order valence-corrected chi connectivity index (χ2v) is 3.40. The Morgan fingerprint density at radius 3 is 2.94 bits per heavy atom. The molecule has 0 spiro atoms. The van der Waals surface area contributed by atoms with Crippen molar-refractivity contribution in [3.63, 3.8) is 0 Å². The van der Waals surface area contributed by atoms with E-state index < -0.39 is 6.43 Å². The second kappa shape index (κ2) is 6.93. The van der Waals surface area contributed by atoms with Gasteiger partial charge in [-0.25, -0.2) is 8.78 Å². The summed E-state index contributed by atoms with van der Waals surface area (Å²) >= 11 is 0. The van der Waals surface area contributed by atoms with Gasteiger partial charge >= 0.3 is 0 Å². The Morgan fingerprint density at radius 2 is 2.25 bits per heavy atom. The SMILES string of the molecule is CCCC=NOCc1cccc(C(F)F)c1. The van der Waals surface area contributed by atoms with Crippen molar-refractivity contribution in [2.45, 2.75) is 32.8 Å². The highest BCUT2D eigenvalue weighted by Gasteiger charge is 2.06. The molecule has 0 amide bonds. The molecule has 0 aliphatic rings. The summed E-state index contributed by atoms with van der Waals surface area (Å²) < 4.78 is 24.7. The molecule has 0 heterocycles. The van der Waals surface area contributed by atoms with E-state index in [1.54, 1.807) is 18.3 Å². The molecule has 0 unspecified atom stereocenters. The Hall–Kier alpha value is -1.45. The van der Waals surface area contributed by atoms with Crippen LogP contribution < -0.4 is 0 Å². The van der Waals surface area contributed by atoms with E-state index in [-0.39, 0.29) is 12.2 Å². The molecule has 0 saturated heterocycles. The fraction of sp³-hybridized carbons (Fsp3) is 0.417. The third kappa shape index (κ3) is 4.38. The van der Waals surface area contributed by atoms with Crippen LogP contribution in [0.25, 0.3) is 0 Å². The molecule has 0 aliphatic carbocycles. The summed E-state index contributed by atoms with van der Waals surface area (Å²) in [5, 5.41) is 3.72. The van der Waals surface area contributed by atoms with E-state index in [1.807, 2.05) is 6.92 Å². The average Bonchev–Trinajstić information content (AvgIpc) is 2.29. The zero-order valence-electron chi connectivity index (χ0n) is 9.20. The van der Waals surface area contributed by atoms with Crippen molar-refractivity contribution in [3.05, 3.63) is 35.4 Å². The maximum Gasteiger partial charge on any atom is 0.263 e. The highest BCUT2D eigenvalue weighted by Crippen LogP contribution is 2.19. The number of benzene rings is 1. The molecule has 2 nitrogen and oxygen atoms in total. The predicted octanol–water partition coefficient (Wildman–Crippen LogP) is 3.93. The maximum atomic E-state index is 12.4. The van der Waals surface area contributed by atoms with Crippen LogP contribution in [0.4, 0.5) is 8.78 Å². The number of nitrogens with zero attached hydrogens (tertiary/aromatic N) is 1. The van der Waals surface area contributed by atoms with Crippen LogP contribution in [0, 0.1) is 0 Å². The molecule has 0 atom stereocenters. The molecular weight excluding hydrogens is 212 g/mol. The summed E-state index contributed by atoms with van der Waals surface area (Å²) in [6, 6.07) is 6.16. The van der Waals surface area contributed by atoms with E-state index in [0.29, 0.717) is 5.56 Å². The van der Waals surface area contributed by atoms with E-state index >= 15 is 0 Å². The van der Waals surface area contributed by atoms with Crippen LogP contribution in [-0.2, 0) is 11.4 Å². The lowest BCUT2D eigenvalue weighted by molar-refractivity contribution is 0.130. The van der Waals surface area contributed by atoms with E-state index in [9.17, 15) is 8.78 Å². The number of hydrogen-bond acceptors (Lipinski definition) is 2. The molecule has 88 valence electrons. The summed E-state index contributed by atoms with van der Waals surface area (Å²) in [6.07, 6.45) is 1.10. The normalized spacial score (nSPS) is 11.2. The van der Waals surface area contributed by atoms with Crippen molar-refractivity contribution in [1.82, 2.24) is 0 Å². The van der Waals surface area contributed by atoms with Gasteiger partial charge in [-0.15, -0.1) is 0 Å². The molecule has 1 rings (SSSR count). The lowest BCUT2D eigenvalue weighted by atomic mass is 10.1. The first kappa shape index (κ1) is 12.6. The van der Waals surface area contributed by atoms with E-state index in [1.165, 1.54) is 12.1 Å². The molecule has 0 fully saturated rings. The summed E-state index contributed by atoms with van der Waals surface area (Å²) in [5.74, 6) is 0. The summed E-state index contributed by atoms with van der Waals surface area (Å²) in [7, 11) is 0. The number of alkyl halides is 2. The average molecular weight is 227 g/mol. The molecular formula is C12H15F2NO. The fourth-order valence-electron chi connectivity index (χ4n) is 1.16. The molecule has 0 saturated carbocycles. The minimum absolute atomic E-state index is 0.0126. The molecule has 0 radical (unpaired) electrons. The van der Waals surface area contributed by atoms with Gasteiger partial charge in [-0.3, -0.25) is 0 Å².